The number of benzene rings is 2. The van der Waals surface area contributed by atoms with Gasteiger partial charge in [-0.15, -0.1) is 0 Å². The lowest BCUT2D eigenvalue weighted by Crippen LogP contribution is -1.99. The molecule has 80 valence electrons. The number of carbonyl (C=O) groups is 1. The average Bonchev–Trinajstić information content (AvgIpc) is 3.08. The fourth-order valence-corrected chi connectivity index (χ4v) is 2.39. The standard InChI is InChI=1S/C14H12O2/c15-14(16)13-8-12(13)11-7-3-5-9-4-1-2-6-10(9)11/h1-7,12-13H,8H2,(H,15,16)/t12-,13-/m0/s1. The predicted octanol–water partition coefficient (Wildman–Crippen LogP) is 3.03. The van der Waals surface area contributed by atoms with Crippen molar-refractivity contribution >= 4 is 16.7 Å². The molecule has 0 saturated heterocycles. The molecule has 1 saturated carbocycles. The van der Waals surface area contributed by atoms with Crippen LogP contribution in [0.25, 0.3) is 10.8 Å². The number of carboxylic acids is 1. The van der Waals surface area contributed by atoms with Crippen LogP contribution in [0.2, 0.25) is 0 Å². The van der Waals surface area contributed by atoms with E-state index in [1.807, 2.05) is 18.2 Å². The summed E-state index contributed by atoms with van der Waals surface area (Å²) in [5, 5.41) is 11.3. The van der Waals surface area contributed by atoms with Gasteiger partial charge in [-0.2, -0.15) is 0 Å². The highest BCUT2D eigenvalue weighted by Crippen LogP contribution is 2.49. The lowest BCUT2D eigenvalue weighted by molar-refractivity contribution is -0.138. The predicted molar refractivity (Wildman–Crippen MR) is 62.4 cm³/mol. The summed E-state index contributed by atoms with van der Waals surface area (Å²) in [7, 11) is 0. The van der Waals surface area contributed by atoms with Gasteiger partial charge in [0.05, 0.1) is 5.92 Å². The van der Waals surface area contributed by atoms with Crippen LogP contribution in [0.3, 0.4) is 0 Å². The van der Waals surface area contributed by atoms with Crippen molar-refractivity contribution in [2.75, 3.05) is 0 Å². The number of hydrogen-bond donors (Lipinski definition) is 1. The molecule has 16 heavy (non-hydrogen) atoms. The molecule has 2 aromatic carbocycles. The number of aliphatic carboxylic acids is 1. The van der Waals surface area contributed by atoms with Crippen LogP contribution in [0.5, 0.6) is 0 Å². The van der Waals surface area contributed by atoms with Crippen molar-refractivity contribution in [3.05, 3.63) is 48.0 Å². The van der Waals surface area contributed by atoms with E-state index in [1.165, 1.54) is 16.3 Å². The molecule has 2 aromatic rings. The van der Waals surface area contributed by atoms with Crippen molar-refractivity contribution in [2.24, 2.45) is 5.92 Å². The Morgan fingerprint density at radius 3 is 2.62 bits per heavy atom. The molecule has 0 aromatic heterocycles. The van der Waals surface area contributed by atoms with Crippen molar-refractivity contribution in [3.8, 4) is 0 Å². The van der Waals surface area contributed by atoms with E-state index in [0.29, 0.717) is 0 Å². The second kappa shape index (κ2) is 3.34. The van der Waals surface area contributed by atoms with Crippen LogP contribution in [0.15, 0.2) is 42.5 Å². The Morgan fingerprint density at radius 2 is 1.88 bits per heavy atom. The lowest BCUT2D eigenvalue weighted by Gasteiger charge is -2.04. The van der Waals surface area contributed by atoms with Gasteiger partial charge in [-0.25, -0.2) is 0 Å². The molecule has 0 bridgehead atoms. The summed E-state index contributed by atoms with van der Waals surface area (Å²) in [6.45, 7) is 0. The number of carboxylic acid groups (broad SMARTS) is 1. The van der Waals surface area contributed by atoms with E-state index >= 15 is 0 Å². The van der Waals surface area contributed by atoms with Crippen molar-refractivity contribution in [1.82, 2.24) is 0 Å². The maximum Gasteiger partial charge on any atom is 0.307 e. The van der Waals surface area contributed by atoms with Gasteiger partial charge >= 0.3 is 5.97 Å². The molecule has 0 unspecified atom stereocenters. The summed E-state index contributed by atoms with van der Waals surface area (Å²) >= 11 is 0. The molecule has 1 aliphatic carbocycles. The normalized spacial score (nSPS) is 23.2. The van der Waals surface area contributed by atoms with Gasteiger partial charge in [0.1, 0.15) is 0 Å². The first-order chi connectivity index (χ1) is 7.77. The highest BCUT2D eigenvalue weighted by Gasteiger charge is 2.44. The third kappa shape index (κ3) is 1.38. The molecule has 0 radical (unpaired) electrons. The summed E-state index contributed by atoms with van der Waals surface area (Å²) in [6, 6.07) is 14.3. The van der Waals surface area contributed by atoms with Crippen LogP contribution in [0.1, 0.15) is 17.9 Å². The van der Waals surface area contributed by atoms with Crippen molar-refractivity contribution in [3.63, 3.8) is 0 Å². The van der Waals surface area contributed by atoms with Crippen molar-refractivity contribution < 1.29 is 9.90 Å². The van der Waals surface area contributed by atoms with Crippen LogP contribution in [-0.2, 0) is 4.79 Å². The minimum Gasteiger partial charge on any atom is -0.481 e. The summed E-state index contributed by atoms with van der Waals surface area (Å²) < 4.78 is 0. The zero-order valence-electron chi connectivity index (χ0n) is 8.76. The second-order valence-electron chi connectivity index (χ2n) is 4.36. The van der Waals surface area contributed by atoms with Gasteiger partial charge in [-0.1, -0.05) is 42.5 Å². The zero-order valence-corrected chi connectivity index (χ0v) is 8.76. The lowest BCUT2D eigenvalue weighted by atomic mass is 10.0. The van der Waals surface area contributed by atoms with Crippen molar-refractivity contribution in [1.29, 1.82) is 0 Å². The molecule has 0 aliphatic heterocycles. The Hall–Kier alpha value is -1.83. The minimum atomic E-state index is -0.669. The molecule has 2 heteroatoms. The van der Waals surface area contributed by atoms with Gasteiger partial charge in [0.2, 0.25) is 0 Å². The first-order valence-corrected chi connectivity index (χ1v) is 5.48. The van der Waals surface area contributed by atoms with E-state index in [4.69, 9.17) is 5.11 Å². The SMILES string of the molecule is O=C(O)[C@H]1C[C@H]1c1cccc2ccccc12. The molecular weight excluding hydrogens is 200 g/mol. The van der Waals surface area contributed by atoms with E-state index in [9.17, 15) is 4.79 Å². The maximum atomic E-state index is 10.9. The topological polar surface area (TPSA) is 37.3 Å². The maximum absolute atomic E-state index is 10.9. The van der Waals surface area contributed by atoms with E-state index in [-0.39, 0.29) is 11.8 Å². The largest absolute Gasteiger partial charge is 0.481 e. The molecule has 1 fully saturated rings. The van der Waals surface area contributed by atoms with Crippen LogP contribution >= 0.6 is 0 Å². The molecule has 1 N–H and O–H groups in total. The molecule has 1 aliphatic rings. The Labute approximate surface area is 93.5 Å². The summed E-state index contributed by atoms with van der Waals surface area (Å²) in [6.07, 6.45) is 0.781. The third-order valence-corrected chi connectivity index (χ3v) is 3.33. The van der Waals surface area contributed by atoms with Gasteiger partial charge < -0.3 is 5.11 Å². The fraction of sp³-hybridized carbons (Fsp3) is 0.214. The molecule has 2 atom stereocenters. The van der Waals surface area contributed by atoms with Gasteiger partial charge in [-0.05, 0) is 28.7 Å². The number of fused-ring (bicyclic) bond motifs is 1. The minimum absolute atomic E-state index is 0.175. The van der Waals surface area contributed by atoms with Crippen LogP contribution in [0.4, 0.5) is 0 Å². The number of rotatable bonds is 2. The smallest absolute Gasteiger partial charge is 0.307 e. The highest BCUT2D eigenvalue weighted by atomic mass is 16.4. The summed E-state index contributed by atoms with van der Waals surface area (Å²) in [5.74, 6) is -0.632. The summed E-state index contributed by atoms with van der Waals surface area (Å²) in [4.78, 5) is 10.9. The Balaban J connectivity index is 2.08. The summed E-state index contributed by atoms with van der Waals surface area (Å²) in [5.41, 5.74) is 1.19. The zero-order chi connectivity index (χ0) is 11.1. The quantitative estimate of drug-likeness (QED) is 0.830. The van der Waals surface area contributed by atoms with Gasteiger partial charge in [0.15, 0.2) is 0 Å². The molecule has 0 amide bonds. The van der Waals surface area contributed by atoms with Gasteiger partial charge in [0.25, 0.3) is 0 Å². The molecular formula is C14H12O2. The van der Waals surface area contributed by atoms with E-state index in [2.05, 4.69) is 24.3 Å². The fourth-order valence-electron chi connectivity index (χ4n) is 2.39. The Bertz CT molecular complexity index is 554. The molecule has 2 nitrogen and oxygen atoms in total. The Kier molecular flexibility index (Phi) is 1.96. The first kappa shape index (κ1) is 9.40. The Morgan fingerprint density at radius 1 is 1.12 bits per heavy atom. The van der Waals surface area contributed by atoms with E-state index in [0.717, 1.165) is 6.42 Å². The average molecular weight is 212 g/mol. The third-order valence-electron chi connectivity index (χ3n) is 3.33. The van der Waals surface area contributed by atoms with Gasteiger partial charge in [0, 0.05) is 0 Å². The molecule has 0 spiro atoms. The monoisotopic (exact) mass is 212 g/mol. The highest BCUT2D eigenvalue weighted by molar-refractivity contribution is 5.88. The first-order valence-electron chi connectivity index (χ1n) is 5.48. The number of hydrogen-bond acceptors (Lipinski definition) is 1. The molecule has 3 rings (SSSR count). The van der Waals surface area contributed by atoms with Crippen LogP contribution in [-0.4, -0.2) is 11.1 Å². The second-order valence-corrected chi connectivity index (χ2v) is 4.36. The molecule has 0 heterocycles. The van der Waals surface area contributed by atoms with Gasteiger partial charge in [-0.3, -0.25) is 4.79 Å². The van der Waals surface area contributed by atoms with Crippen LogP contribution < -0.4 is 0 Å². The van der Waals surface area contributed by atoms with E-state index in [1.54, 1.807) is 0 Å². The van der Waals surface area contributed by atoms with Crippen LogP contribution in [0, 0.1) is 5.92 Å². The van der Waals surface area contributed by atoms with Crippen molar-refractivity contribution in [2.45, 2.75) is 12.3 Å². The van der Waals surface area contributed by atoms with E-state index < -0.39 is 5.97 Å².